The number of rotatable bonds is 8. The molecular weight excluding hydrogens is 296 g/mol. The first-order valence-corrected chi connectivity index (χ1v) is 8.05. The second-order valence-corrected chi connectivity index (χ2v) is 5.75. The third-order valence-electron chi connectivity index (χ3n) is 4.00. The molecule has 6 nitrogen and oxygen atoms in total. The molecule has 1 aliphatic rings. The van der Waals surface area contributed by atoms with Gasteiger partial charge in [-0.05, 0) is 31.4 Å². The van der Waals surface area contributed by atoms with Crippen molar-refractivity contribution in [2.24, 2.45) is 5.92 Å². The minimum Gasteiger partial charge on any atom is -0.494 e. The highest BCUT2D eigenvalue weighted by Crippen LogP contribution is 2.16. The minimum atomic E-state index is -0.716. The number of likely N-dealkylation sites (tertiary alicyclic amines) is 1. The van der Waals surface area contributed by atoms with Crippen molar-refractivity contribution in [3.63, 3.8) is 0 Å². The number of carboxylic acids is 1. The number of hydrogen-bond acceptors (Lipinski definition) is 4. The van der Waals surface area contributed by atoms with Gasteiger partial charge in [0.15, 0.2) is 0 Å². The fraction of sp³-hybridized carbons (Fsp3) is 0.529. The molecule has 0 spiro atoms. The third-order valence-corrected chi connectivity index (χ3v) is 4.00. The van der Waals surface area contributed by atoms with Crippen molar-refractivity contribution in [1.29, 1.82) is 0 Å². The Balaban J connectivity index is 1.53. The Morgan fingerprint density at radius 1 is 1.22 bits per heavy atom. The van der Waals surface area contributed by atoms with Gasteiger partial charge in [-0.3, -0.25) is 14.5 Å². The Morgan fingerprint density at radius 2 is 1.91 bits per heavy atom. The zero-order valence-corrected chi connectivity index (χ0v) is 13.2. The summed E-state index contributed by atoms with van der Waals surface area (Å²) >= 11 is 0. The number of nitrogens with one attached hydrogen (secondary N) is 1. The van der Waals surface area contributed by atoms with E-state index in [4.69, 9.17) is 9.84 Å². The average molecular weight is 320 g/mol. The summed E-state index contributed by atoms with van der Waals surface area (Å²) in [6.45, 7) is 2.44. The molecule has 0 atom stereocenters. The summed E-state index contributed by atoms with van der Waals surface area (Å²) in [4.78, 5) is 24.7. The van der Waals surface area contributed by atoms with Crippen LogP contribution in [0.25, 0.3) is 0 Å². The molecule has 0 aromatic heterocycles. The van der Waals surface area contributed by atoms with Gasteiger partial charge in [-0.1, -0.05) is 18.2 Å². The third kappa shape index (κ3) is 6.28. The zero-order chi connectivity index (χ0) is 16.5. The van der Waals surface area contributed by atoms with Crippen LogP contribution in [0.15, 0.2) is 30.3 Å². The first-order chi connectivity index (χ1) is 11.1. The maximum atomic E-state index is 11.8. The second-order valence-electron chi connectivity index (χ2n) is 5.75. The summed E-state index contributed by atoms with van der Waals surface area (Å²) in [7, 11) is 0. The Hall–Kier alpha value is -2.08. The highest BCUT2D eigenvalue weighted by molar-refractivity contribution is 5.75. The maximum Gasteiger partial charge on any atom is 0.306 e. The van der Waals surface area contributed by atoms with Gasteiger partial charge in [-0.15, -0.1) is 0 Å². The predicted molar refractivity (Wildman–Crippen MR) is 86.1 cm³/mol. The summed E-state index contributed by atoms with van der Waals surface area (Å²) < 4.78 is 5.54. The molecule has 1 aliphatic heterocycles. The number of carbonyl (C=O) groups is 2. The highest BCUT2D eigenvalue weighted by atomic mass is 16.5. The van der Waals surface area contributed by atoms with E-state index < -0.39 is 5.97 Å². The number of para-hydroxylation sites is 1. The average Bonchev–Trinajstić information content (AvgIpc) is 2.58. The van der Waals surface area contributed by atoms with E-state index >= 15 is 0 Å². The Morgan fingerprint density at radius 3 is 2.57 bits per heavy atom. The largest absolute Gasteiger partial charge is 0.494 e. The number of benzene rings is 1. The van der Waals surface area contributed by atoms with E-state index in [2.05, 4.69) is 10.2 Å². The van der Waals surface area contributed by atoms with Crippen molar-refractivity contribution in [3.05, 3.63) is 30.3 Å². The fourth-order valence-corrected chi connectivity index (χ4v) is 2.57. The van der Waals surface area contributed by atoms with Crippen LogP contribution in [-0.2, 0) is 9.59 Å². The Bertz CT molecular complexity index is 499. The van der Waals surface area contributed by atoms with Crippen LogP contribution in [0.5, 0.6) is 5.75 Å². The molecule has 126 valence electrons. The van der Waals surface area contributed by atoms with Crippen LogP contribution in [0.1, 0.15) is 25.7 Å². The molecular formula is C17H24N2O4. The fourth-order valence-electron chi connectivity index (χ4n) is 2.57. The highest BCUT2D eigenvalue weighted by Gasteiger charge is 2.24. The van der Waals surface area contributed by atoms with Gasteiger partial charge in [-0.2, -0.15) is 0 Å². The van der Waals surface area contributed by atoms with Crippen molar-refractivity contribution >= 4 is 11.9 Å². The van der Waals surface area contributed by atoms with E-state index in [1.54, 1.807) is 0 Å². The maximum absolute atomic E-state index is 11.8. The number of carbonyl (C=O) groups excluding carboxylic acids is 1. The molecule has 1 aromatic carbocycles. The van der Waals surface area contributed by atoms with E-state index in [-0.39, 0.29) is 11.8 Å². The molecule has 0 radical (unpaired) electrons. The van der Waals surface area contributed by atoms with Crippen molar-refractivity contribution in [2.75, 3.05) is 26.4 Å². The molecule has 0 bridgehead atoms. The number of ether oxygens (including phenoxy) is 1. The van der Waals surface area contributed by atoms with Crippen LogP contribution < -0.4 is 10.1 Å². The van der Waals surface area contributed by atoms with Gasteiger partial charge in [-0.25, -0.2) is 0 Å². The molecule has 2 rings (SSSR count). The van der Waals surface area contributed by atoms with Crippen LogP contribution in [-0.4, -0.2) is 48.2 Å². The number of carboxylic acid groups (broad SMARTS) is 1. The van der Waals surface area contributed by atoms with Gasteiger partial charge < -0.3 is 15.2 Å². The summed E-state index contributed by atoms with van der Waals surface area (Å²) in [5, 5.41) is 11.8. The monoisotopic (exact) mass is 320 g/mol. The number of hydrogen-bond donors (Lipinski definition) is 2. The Kier molecular flexibility index (Phi) is 6.87. The zero-order valence-electron chi connectivity index (χ0n) is 13.2. The van der Waals surface area contributed by atoms with Gasteiger partial charge in [0, 0.05) is 19.5 Å². The van der Waals surface area contributed by atoms with Gasteiger partial charge in [0.05, 0.1) is 19.2 Å². The first-order valence-electron chi connectivity index (χ1n) is 8.05. The molecule has 0 aliphatic carbocycles. The lowest BCUT2D eigenvalue weighted by atomic mass is 9.97. The molecule has 1 amide bonds. The summed E-state index contributed by atoms with van der Waals surface area (Å²) in [6.07, 6.45) is 2.40. The normalized spacial score (nSPS) is 16.0. The summed E-state index contributed by atoms with van der Waals surface area (Å²) in [6, 6.07) is 9.53. The summed E-state index contributed by atoms with van der Waals surface area (Å²) in [5.74, 6) is -0.139. The van der Waals surface area contributed by atoms with Gasteiger partial charge in [0.25, 0.3) is 0 Å². The van der Waals surface area contributed by atoms with Crippen molar-refractivity contribution < 1.29 is 19.4 Å². The number of piperidine rings is 1. The standard InChI is InChI=1S/C17H24N2O4/c20-16(7-4-12-23-15-5-2-1-3-6-15)18-13-19-10-8-14(9-11-19)17(21)22/h1-3,5-6,14H,4,7-13H2,(H,18,20)(H,21,22). The van der Waals surface area contributed by atoms with Crippen LogP contribution in [0, 0.1) is 5.92 Å². The molecule has 0 saturated carbocycles. The molecule has 1 heterocycles. The smallest absolute Gasteiger partial charge is 0.306 e. The SMILES string of the molecule is O=C(CCCOc1ccccc1)NCN1CCC(C(=O)O)CC1. The van der Waals surface area contributed by atoms with E-state index in [0.717, 1.165) is 5.75 Å². The predicted octanol–water partition coefficient (Wildman–Crippen LogP) is 1.72. The van der Waals surface area contributed by atoms with E-state index in [0.29, 0.717) is 52.0 Å². The number of amides is 1. The molecule has 1 fully saturated rings. The van der Waals surface area contributed by atoms with Crippen LogP contribution in [0.3, 0.4) is 0 Å². The molecule has 0 unspecified atom stereocenters. The molecule has 2 N–H and O–H groups in total. The molecule has 6 heteroatoms. The van der Waals surface area contributed by atoms with E-state index in [1.165, 1.54) is 0 Å². The lowest BCUT2D eigenvalue weighted by Gasteiger charge is -2.29. The quantitative estimate of drug-likeness (QED) is 0.713. The molecule has 1 aromatic rings. The summed E-state index contributed by atoms with van der Waals surface area (Å²) in [5.41, 5.74) is 0. The van der Waals surface area contributed by atoms with Gasteiger partial charge >= 0.3 is 5.97 Å². The number of nitrogens with zero attached hydrogens (tertiary/aromatic N) is 1. The van der Waals surface area contributed by atoms with Crippen LogP contribution >= 0.6 is 0 Å². The van der Waals surface area contributed by atoms with Crippen LogP contribution in [0.2, 0.25) is 0 Å². The van der Waals surface area contributed by atoms with Crippen LogP contribution in [0.4, 0.5) is 0 Å². The minimum absolute atomic E-state index is 0.00187. The first kappa shape index (κ1) is 17.3. The van der Waals surface area contributed by atoms with E-state index in [1.807, 2.05) is 30.3 Å². The topological polar surface area (TPSA) is 78.9 Å². The number of aliphatic carboxylic acids is 1. The lowest BCUT2D eigenvalue weighted by molar-refractivity contribution is -0.143. The second kappa shape index (κ2) is 9.15. The Labute approximate surface area is 136 Å². The molecule has 23 heavy (non-hydrogen) atoms. The van der Waals surface area contributed by atoms with Crippen molar-refractivity contribution in [3.8, 4) is 5.75 Å². The van der Waals surface area contributed by atoms with Gasteiger partial charge in [0.2, 0.25) is 5.91 Å². The van der Waals surface area contributed by atoms with Crippen molar-refractivity contribution in [2.45, 2.75) is 25.7 Å². The van der Waals surface area contributed by atoms with Gasteiger partial charge in [0.1, 0.15) is 5.75 Å². The lowest BCUT2D eigenvalue weighted by Crippen LogP contribution is -2.43. The van der Waals surface area contributed by atoms with Crippen molar-refractivity contribution in [1.82, 2.24) is 10.2 Å². The molecule has 1 saturated heterocycles. The van der Waals surface area contributed by atoms with E-state index in [9.17, 15) is 9.59 Å².